The highest BCUT2D eigenvalue weighted by molar-refractivity contribution is 6.33. The van der Waals surface area contributed by atoms with Gasteiger partial charge in [0, 0.05) is 18.2 Å². The number of halogens is 2. The van der Waals surface area contributed by atoms with Crippen LogP contribution in [0.5, 0.6) is 0 Å². The van der Waals surface area contributed by atoms with Crippen LogP contribution >= 0.6 is 11.6 Å². The van der Waals surface area contributed by atoms with Crippen molar-refractivity contribution in [2.45, 2.75) is 6.54 Å². The molecule has 0 atom stereocenters. The molecule has 0 aliphatic rings. The summed E-state index contributed by atoms with van der Waals surface area (Å²) in [7, 11) is 0. The number of hydrogen-bond donors (Lipinski definition) is 1. The number of nitro groups is 1. The fourth-order valence-corrected chi connectivity index (χ4v) is 1.90. The molecule has 0 saturated heterocycles. The third kappa shape index (κ3) is 3.00. The average molecular weight is 281 g/mol. The third-order valence-corrected chi connectivity index (χ3v) is 2.92. The van der Waals surface area contributed by atoms with Crippen LogP contribution in [-0.4, -0.2) is 4.92 Å². The molecular weight excluding hydrogens is 271 g/mol. The summed E-state index contributed by atoms with van der Waals surface area (Å²) in [6.07, 6.45) is 0. The summed E-state index contributed by atoms with van der Waals surface area (Å²) in [5, 5.41) is 13.9. The van der Waals surface area contributed by atoms with E-state index < -0.39 is 4.92 Å². The van der Waals surface area contributed by atoms with Crippen LogP contribution < -0.4 is 5.32 Å². The number of nitro benzene ring substituents is 1. The highest BCUT2D eigenvalue weighted by atomic mass is 35.5. The van der Waals surface area contributed by atoms with Gasteiger partial charge in [-0.3, -0.25) is 10.1 Å². The largest absolute Gasteiger partial charge is 0.374 e. The maximum atomic E-state index is 13.4. The smallest absolute Gasteiger partial charge is 0.293 e. The highest BCUT2D eigenvalue weighted by Crippen LogP contribution is 2.32. The van der Waals surface area contributed by atoms with Gasteiger partial charge in [-0.1, -0.05) is 35.9 Å². The minimum absolute atomic E-state index is 0.122. The van der Waals surface area contributed by atoms with Gasteiger partial charge in [0.15, 0.2) is 0 Å². The molecule has 0 bridgehead atoms. The van der Waals surface area contributed by atoms with Gasteiger partial charge >= 0.3 is 0 Å². The third-order valence-electron chi connectivity index (χ3n) is 2.60. The summed E-state index contributed by atoms with van der Waals surface area (Å²) in [4.78, 5) is 10.4. The van der Waals surface area contributed by atoms with Crippen molar-refractivity contribution in [3.8, 4) is 0 Å². The standard InChI is InChI=1S/C13H10ClFN2O2/c14-10-5-3-7-12(17(18)19)13(10)16-8-9-4-1-2-6-11(9)15/h1-7,16H,8H2. The summed E-state index contributed by atoms with van der Waals surface area (Å²) >= 11 is 5.92. The van der Waals surface area contributed by atoms with Crippen LogP contribution in [0.2, 0.25) is 5.02 Å². The maximum absolute atomic E-state index is 13.4. The van der Waals surface area contributed by atoms with E-state index in [1.807, 2.05) is 0 Å². The molecule has 0 aromatic heterocycles. The number of rotatable bonds is 4. The molecule has 4 nitrogen and oxygen atoms in total. The van der Waals surface area contributed by atoms with Crippen molar-refractivity contribution in [3.05, 3.63) is 69.0 Å². The van der Waals surface area contributed by atoms with Gasteiger partial charge in [0.05, 0.1) is 9.95 Å². The number of benzene rings is 2. The first-order valence-corrected chi connectivity index (χ1v) is 5.87. The molecule has 0 spiro atoms. The van der Waals surface area contributed by atoms with Crippen LogP contribution in [0.1, 0.15) is 5.56 Å². The van der Waals surface area contributed by atoms with E-state index in [9.17, 15) is 14.5 Å². The predicted octanol–water partition coefficient (Wildman–Crippen LogP) is 4.00. The second-order valence-corrected chi connectivity index (χ2v) is 4.24. The molecule has 0 unspecified atom stereocenters. The molecule has 98 valence electrons. The van der Waals surface area contributed by atoms with Crippen molar-refractivity contribution in [2.75, 3.05) is 5.32 Å². The zero-order valence-corrected chi connectivity index (χ0v) is 10.5. The summed E-state index contributed by atoms with van der Waals surface area (Å²) < 4.78 is 13.4. The lowest BCUT2D eigenvalue weighted by Crippen LogP contribution is -2.04. The summed E-state index contributed by atoms with van der Waals surface area (Å²) in [6.45, 7) is 0.122. The molecule has 6 heteroatoms. The minimum atomic E-state index is -0.532. The average Bonchev–Trinajstić information content (AvgIpc) is 2.38. The first-order chi connectivity index (χ1) is 9.09. The molecule has 19 heavy (non-hydrogen) atoms. The maximum Gasteiger partial charge on any atom is 0.293 e. The number of nitrogens with one attached hydrogen (secondary N) is 1. The Labute approximate surface area is 114 Å². The van der Waals surface area contributed by atoms with Crippen LogP contribution in [-0.2, 0) is 6.54 Å². The molecule has 1 N–H and O–H groups in total. The van der Waals surface area contributed by atoms with Crippen LogP contribution in [0.4, 0.5) is 15.8 Å². The predicted molar refractivity (Wildman–Crippen MR) is 71.8 cm³/mol. The number of para-hydroxylation sites is 1. The van der Waals surface area contributed by atoms with E-state index >= 15 is 0 Å². The highest BCUT2D eigenvalue weighted by Gasteiger charge is 2.16. The number of hydrogen-bond acceptors (Lipinski definition) is 3. The molecule has 2 aromatic carbocycles. The monoisotopic (exact) mass is 280 g/mol. The summed E-state index contributed by atoms with van der Waals surface area (Å²) in [5.74, 6) is -0.371. The molecule has 0 radical (unpaired) electrons. The van der Waals surface area contributed by atoms with Gasteiger partial charge in [0.2, 0.25) is 0 Å². The quantitative estimate of drug-likeness (QED) is 0.680. The van der Waals surface area contributed by atoms with Crippen LogP contribution in [0.25, 0.3) is 0 Å². The molecule has 0 saturated carbocycles. The van der Waals surface area contributed by atoms with Crippen molar-refractivity contribution in [1.29, 1.82) is 0 Å². The first-order valence-electron chi connectivity index (χ1n) is 5.50. The SMILES string of the molecule is O=[N+]([O-])c1cccc(Cl)c1NCc1ccccc1F. The topological polar surface area (TPSA) is 55.2 Å². The van der Waals surface area contributed by atoms with Crippen molar-refractivity contribution in [1.82, 2.24) is 0 Å². The van der Waals surface area contributed by atoms with Crippen LogP contribution in [0.15, 0.2) is 42.5 Å². The lowest BCUT2D eigenvalue weighted by atomic mass is 10.2. The molecule has 0 heterocycles. The normalized spacial score (nSPS) is 10.2. The zero-order chi connectivity index (χ0) is 13.8. The Hall–Kier alpha value is -2.14. The summed E-state index contributed by atoms with van der Waals surface area (Å²) in [6, 6.07) is 10.6. The molecule has 2 rings (SSSR count). The van der Waals surface area contributed by atoms with Gasteiger partial charge < -0.3 is 5.32 Å². The lowest BCUT2D eigenvalue weighted by molar-refractivity contribution is -0.383. The van der Waals surface area contributed by atoms with E-state index in [0.717, 1.165) is 0 Å². The van der Waals surface area contributed by atoms with Crippen molar-refractivity contribution in [2.24, 2.45) is 0 Å². The Balaban J connectivity index is 2.25. The molecule has 0 aliphatic carbocycles. The van der Waals surface area contributed by atoms with Crippen LogP contribution in [0, 0.1) is 15.9 Å². The van der Waals surface area contributed by atoms with Crippen molar-refractivity contribution in [3.63, 3.8) is 0 Å². The molecule has 2 aromatic rings. The van der Waals surface area contributed by atoms with Gasteiger partial charge in [-0.2, -0.15) is 0 Å². The van der Waals surface area contributed by atoms with E-state index in [4.69, 9.17) is 11.6 Å². The summed E-state index contributed by atoms with van der Waals surface area (Å²) in [5.41, 5.74) is 0.470. The van der Waals surface area contributed by atoms with Gasteiger partial charge in [0.1, 0.15) is 11.5 Å². The van der Waals surface area contributed by atoms with Gasteiger partial charge in [0.25, 0.3) is 5.69 Å². The van der Waals surface area contributed by atoms with Crippen molar-refractivity contribution >= 4 is 23.0 Å². The van der Waals surface area contributed by atoms with E-state index in [1.54, 1.807) is 18.2 Å². The number of nitrogens with zero attached hydrogens (tertiary/aromatic N) is 1. The minimum Gasteiger partial charge on any atom is -0.374 e. The van der Waals surface area contributed by atoms with E-state index in [2.05, 4.69) is 5.32 Å². The Morgan fingerprint density at radius 1 is 1.21 bits per heavy atom. The molecule has 0 fully saturated rings. The molecular formula is C13H10ClFN2O2. The fourth-order valence-electron chi connectivity index (χ4n) is 1.67. The fraction of sp³-hybridized carbons (Fsp3) is 0.0769. The van der Waals surface area contributed by atoms with Gasteiger partial charge in [-0.05, 0) is 12.1 Å². The van der Waals surface area contributed by atoms with Gasteiger partial charge in [-0.25, -0.2) is 4.39 Å². The Morgan fingerprint density at radius 3 is 2.63 bits per heavy atom. The van der Waals surface area contributed by atoms with E-state index in [0.29, 0.717) is 5.56 Å². The molecule has 0 amide bonds. The Morgan fingerprint density at radius 2 is 1.95 bits per heavy atom. The second-order valence-electron chi connectivity index (χ2n) is 3.84. The number of anilines is 1. The second kappa shape index (κ2) is 5.67. The van der Waals surface area contributed by atoms with E-state index in [-0.39, 0.29) is 28.8 Å². The van der Waals surface area contributed by atoms with E-state index in [1.165, 1.54) is 24.3 Å². The Bertz CT molecular complexity index is 619. The Kier molecular flexibility index (Phi) is 3.97. The molecule has 0 aliphatic heterocycles. The van der Waals surface area contributed by atoms with Crippen LogP contribution in [0.3, 0.4) is 0 Å². The first kappa shape index (κ1) is 13.3. The van der Waals surface area contributed by atoms with Gasteiger partial charge in [-0.15, -0.1) is 0 Å². The van der Waals surface area contributed by atoms with Crippen molar-refractivity contribution < 1.29 is 9.31 Å². The lowest BCUT2D eigenvalue weighted by Gasteiger charge is -2.09. The zero-order valence-electron chi connectivity index (χ0n) is 9.77.